The van der Waals surface area contributed by atoms with Crippen LogP contribution in [0.2, 0.25) is 0 Å². The van der Waals surface area contributed by atoms with Crippen LogP contribution >= 0.6 is 0 Å². The average Bonchev–Trinajstić information content (AvgIpc) is 3.05. The van der Waals surface area contributed by atoms with Crippen molar-refractivity contribution in [1.29, 1.82) is 0 Å². The highest BCUT2D eigenvalue weighted by molar-refractivity contribution is 5.79. The van der Waals surface area contributed by atoms with Gasteiger partial charge in [0.25, 0.3) is 0 Å². The molecule has 0 spiro atoms. The zero-order valence-corrected chi connectivity index (χ0v) is 13.8. The molecule has 0 saturated carbocycles. The van der Waals surface area contributed by atoms with E-state index in [4.69, 9.17) is 9.47 Å². The first-order valence-corrected chi connectivity index (χ1v) is 7.83. The molecular formula is C16H26N4O3. The monoisotopic (exact) mass is 322 g/mol. The number of nitrogens with zero attached hydrogens (tertiary/aromatic N) is 2. The molecule has 0 aliphatic carbocycles. The van der Waals surface area contributed by atoms with E-state index in [9.17, 15) is 5.11 Å². The van der Waals surface area contributed by atoms with E-state index in [1.807, 2.05) is 12.1 Å². The number of ether oxygens (including phenoxy) is 2. The fraction of sp³-hybridized carbons (Fsp3) is 0.625. The number of methoxy groups -OCH3 is 1. The Morgan fingerprint density at radius 3 is 2.91 bits per heavy atom. The number of aliphatic imine (C=N–C) groups is 1. The number of aliphatic hydroxyl groups is 1. The highest BCUT2D eigenvalue weighted by atomic mass is 16.5. The summed E-state index contributed by atoms with van der Waals surface area (Å²) in [7, 11) is 3.34. The summed E-state index contributed by atoms with van der Waals surface area (Å²) >= 11 is 0. The summed E-state index contributed by atoms with van der Waals surface area (Å²) in [5.41, 5.74) is 1.04. The van der Waals surface area contributed by atoms with E-state index in [0.29, 0.717) is 19.0 Å². The Kier molecular flexibility index (Phi) is 6.61. The molecular weight excluding hydrogens is 296 g/mol. The molecule has 1 aromatic heterocycles. The van der Waals surface area contributed by atoms with Crippen molar-refractivity contribution < 1.29 is 14.6 Å². The molecule has 7 heteroatoms. The second-order valence-electron chi connectivity index (χ2n) is 5.76. The summed E-state index contributed by atoms with van der Waals surface area (Å²) in [5.74, 6) is 1.33. The van der Waals surface area contributed by atoms with Gasteiger partial charge in [-0.25, -0.2) is 4.98 Å². The van der Waals surface area contributed by atoms with Crippen molar-refractivity contribution in [3.8, 4) is 5.88 Å². The van der Waals surface area contributed by atoms with Crippen LogP contribution in [0, 0.1) is 5.41 Å². The Bertz CT molecular complexity index is 499. The zero-order chi connectivity index (χ0) is 16.5. The number of aliphatic hydroxyl groups excluding tert-OH is 1. The third-order valence-electron chi connectivity index (χ3n) is 4.15. The number of aromatic nitrogens is 1. The van der Waals surface area contributed by atoms with Crippen molar-refractivity contribution in [1.82, 2.24) is 15.6 Å². The van der Waals surface area contributed by atoms with E-state index in [1.54, 1.807) is 20.4 Å². The molecule has 1 aliphatic rings. The summed E-state index contributed by atoms with van der Waals surface area (Å²) in [4.78, 5) is 8.41. The van der Waals surface area contributed by atoms with Crippen molar-refractivity contribution in [2.75, 3.05) is 40.5 Å². The van der Waals surface area contributed by atoms with Crippen molar-refractivity contribution >= 4 is 5.96 Å². The minimum absolute atomic E-state index is 0.00591. The van der Waals surface area contributed by atoms with Gasteiger partial charge < -0.3 is 25.2 Å². The molecule has 0 aromatic carbocycles. The lowest BCUT2D eigenvalue weighted by Gasteiger charge is -2.27. The average molecular weight is 322 g/mol. The Hall–Kier alpha value is -1.86. The van der Waals surface area contributed by atoms with Gasteiger partial charge in [0.1, 0.15) is 0 Å². The molecule has 1 atom stereocenters. The quantitative estimate of drug-likeness (QED) is 0.502. The smallest absolute Gasteiger partial charge is 0.212 e. The van der Waals surface area contributed by atoms with Crippen LogP contribution in [0.25, 0.3) is 0 Å². The molecule has 1 saturated heterocycles. The molecule has 1 unspecified atom stereocenters. The SMILES string of the molecule is CN=C(NCc1ccc(OC)nc1)NCC1(CCO)CCOC1. The van der Waals surface area contributed by atoms with E-state index >= 15 is 0 Å². The van der Waals surface area contributed by atoms with Crippen LogP contribution in [-0.2, 0) is 11.3 Å². The largest absolute Gasteiger partial charge is 0.481 e. The van der Waals surface area contributed by atoms with Gasteiger partial charge in [-0.3, -0.25) is 4.99 Å². The van der Waals surface area contributed by atoms with Crippen LogP contribution in [-0.4, -0.2) is 56.6 Å². The molecule has 23 heavy (non-hydrogen) atoms. The molecule has 2 heterocycles. The molecule has 0 bridgehead atoms. The zero-order valence-electron chi connectivity index (χ0n) is 13.8. The first-order chi connectivity index (χ1) is 11.2. The molecule has 1 aromatic rings. The van der Waals surface area contributed by atoms with Crippen LogP contribution in [0.4, 0.5) is 0 Å². The molecule has 3 N–H and O–H groups in total. The van der Waals surface area contributed by atoms with Gasteiger partial charge in [-0.1, -0.05) is 6.07 Å². The van der Waals surface area contributed by atoms with Gasteiger partial charge >= 0.3 is 0 Å². The van der Waals surface area contributed by atoms with E-state index < -0.39 is 0 Å². The number of hydrogen-bond donors (Lipinski definition) is 3. The molecule has 7 nitrogen and oxygen atoms in total. The fourth-order valence-electron chi connectivity index (χ4n) is 2.63. The molecule has 2 rings (SSSR count). The highest BCUT2D eigenvalue weighted by Crippen LogP contribution is 2.31. The Labute approximate surface area is 137 Å². The van der Waals surface area contributed by atoms with Gasteiger partial charge in [0, 0.05) is 51.0 Å². The van der Waals surface area contributed by atoms with Gasteiger partial charge in [0.2, 0.25) is 5.88 Å². The second-order valence-corrected chi connectivity index (χ2v) is 5.76. The van der Waals surface area contributed by atoms with E-state index in [2.05, 4.69) is 20.6 Å². The number of pyridine rings is 1. The molecule has 0 radical (unpaired) electrons. The van der Waals surface area contributed by atoms with Crippen molar-refractivity contribution in [3.05, 3.63) is 23.9 Å². The summed E-state index contributed by atoms with van der Waals surface area (Å²) in [6.45, 7) is 2.97. The number of rotatable bonds is 7. The van der Waals surface area contributed by atoms with Gasteiger partial charge in [-0.05, 0) is 18.4 Å². The van der Waals surface area contributed by atoms with Crippen molar-refractivity contribution in [2.24, 2.45) is 10.4 Å². The van der Waals surface area contributed by atoms with E-state index in [0.717, 1.165) is 37.5 Å². The maximum Gasteiger partial charge on any atom is 0.212 e. The van der Waals surface area contributed by atoms with Crippen molar-refractivity contribution in [3.63, 3.8) is 0 Å². The van der Waals surface area contributed by atoms with Gasteiger partial charge in [-0.15, -0.1) is 0 Å². The summed E-state index contributed by atoms with van der Waals surface area (Å²) in [6.07, 6.45) is 3.47. The predicted octanol–water partition coefficient (Wildman–Crippen LogP) is 0.544. The standard InChI is InChI=1S/C16H26N4O3/c1-17-15(19-10-13-3-4-14(22-2)18-9-13)20-11-16(5-7-21)6-8-23-12-16/h3-4,9,21H,5-8,10-12H2,1-2H3,(H2,17,19,20). The Morgan fingerprint density at radius 1 is 1.48 bits per heavy atom. The second kappa shape index (κ2) is 8.69. The van der Waals surface area contributed by atoms with Gasteiger partial charge in [-0.2, -0.15) is 0 Å². The van der Waals surface area contributed by atoms with E-state index in [-0.39, 0.29) is 12.0 Å². The van der Waals surface area contributed by atoms with Gasteiger partial charge in [0.05, 0.1) is 13.7 Å². The Balaban J connectivity index is 1.82. The van der Waals surface area contributed by atoms with Crippen LogP contribution in [0.1, 0.15) is 18.4 Å². The van der Waals surface area contributed by atoms with E-state index in [1.165, 1.54) is 0 Å². The first kappa shape index (κ1) is 17.5. The summed E-state index contributed by atoms with van der Waals surface area (Å²) in [5, 5.41) is 15.9. The third-order valence-corrected chi connectivity index (χ3v) is 4.15. The van der Waals surface area contributed by atoms with Gasteiger partial charge in [0.15, 0.2) is 5.96 Å². The highest BCUT2D eigenvalue weighted by Gasteiger charge is 2.34. The summed E-state index contributed by atoms with van der Waals surface area (Å²) < 4.78 is 10.5. The lowest BCUT2D eigenvalue weighted by molar-refractivity contribution is 0.127. The lowest BCUT2D eigenvalue weighted by Crippen LogP contribution is -2.44. The first-order valence-electron chi connectivity index (χ1n) is 7.83. The molecule has 1 aliphatic heterocycles. The minimum Gasteiger partial charge on any atom is -0.481 e. The normalized spacial score (nSPS) is 21.3. The topological polar surface area (TPSA) is 88.0 Å². The van der Waals surface area contributed by atoms with Crippen LogP contribution in [0.3, 0.4) is 0 Å². The maximum atomic E-state index is 9.26. The van der Waals surface area contributed by atoms with Crippen LogP contribution < -0.4 is 15.4 Å². The number of guanidine groups is 1. The maximum absolute atomic E-state index is 9.26. The third kappa shape index (κ3) is 5.07. The number of nitrogens with one attached hydrogen (secondary N) is 2. The molecule has 1 fully saturated rings. The fourth-order valence-corrected chi connectivity index (χ4v) is 2.63. The van der Waals surface area contributed by atoms with Crippen molar-refractivity contribution in [2.45, 2.75) is 19.4 Å². The predicted molar refractivity (Wildman–Crippen MR) is 88.6 cm³/mol. The van der Waals surface area contributed by atoms with Crippen LogP contribution in [0.15, 0.2) is 23.3 Å². The Morgan fingerprint density at radius 2 is 2.35 bits per heavy atom. The lowest BCUT2D eigenvalue weighted by atomic mass is 9.84. The minimum atomic E-state index is -0.00591. The molecule has 128 valence electrons. The molecule has 0 amide bonds. The number of hydrogen-bond acceptors (Lipinski definition) is 5. The summed E-state index contributed by atoms with van der Waals surface area (Å²) in [6, 6.07) is 3.80. The van der Waals surface area contributed by atoms with Crippen LogP contribution in [0.5, 0.6) is 5.88 Å².